The van der Waals surface area contributed by atoms with E-state index in [0.717, 1.165) is 15.6 Å². The van der Waals surface area contributed by atoms with Crippen molar-refractivity contribution in [3.8, 4) is 11.9 Å². The second kappa shape index (κ2) is 14.1. The fourth-order valence-electron chi connectivity index (χ4n) is 4.98. The van der Waals surface area contributed by atoms with Crippen LogP contribution in [0, 0.1) is 22.7 Å². The number of halogens is 2. The first-order valence-corrected chi connectivity index (χ1v) is 15.4. The molecule has 0 saturated carbocycles. The summed E-state index contributed by atoms with van der Waals surface area (Å²) in [6, 6.07) is 13.5. The summed E-state index contributed by atoms with van der Waals surface area (Å²) in [7, 11) is 1.40. The van der Waals surface area contributed by atoms with Crippen molar-refractivity contribution in [2.45, 2.75) is 52.2 Å². The number of carbonyl (C=O) groups is 3. The second-order valence-corrected chi connectivity index (χ2v) is 12.9. The molecule has 4 rings (SSSR count). The highest BCUT2D eigenvalue weighted by molar-refractivity contribution is 7.12. The Morgan fingerprint density at radius 2 is 1.91 bits per heavy atom. The van der Waals surface area contributed by atoms with Gasteiger partial charge in [0.15, 0.2) is 12.0 Å². The molecule has 0 aliphatic carbocycles. The topological polar surface area (TPSA) is 106 Å². The zero-order valence-electron chi connectivity index (χ0n) is 25.0. The van der Waals surface area contributed by atoms with E-state index in [4.69, 9.17) is 16.3 Å². The van der Waals surface area contributed by atoms with Crippen molar-refractivity contribution >= 4 is 40.7 Å². The smallest absolute Gasteiger partial charge is 0.264 e. The van der Waals surface area contributed by atoms with E-state index in [1.807, 2.05) is 57.3 Å². The summed E-state index contributed by atoms with van der Waals surface area (Å²) in [4.78, 5) is 43.9. The van der Waals surface area contributed by atoms with E-state index >= 15 is 4.39 Å². The molecule has 44 heavy (non-hydrogen) atoms. The Hall–Kier alpha value is -4.14. The van der Waals surface area contributed by atoms with Gasteiger partial charge in [0.2, 0.25) is 5.91 Å². The number of hydrogen-bond donors (Lipinski definition) is 1. The quantitative estimate of drug-likeness (QED) is 0.382. The highest BCUT2D eigenvalue weighted by Gasteiger charge is 2.41. The number of likely N-dealkylation sites (N-methyl/N-ethyl adjacent to an activating group) is 1. The maximum absolute atomic E-state index is 15.1. The zero-order valence-corrected chi connectivity index (χ0v) is 26.6. The van der Waals surface area contributed by atoms with Crippen molar-refractivity contribution in [2.75, 3.05) is 20.2 Å². The molecule has 2 atom stereocenters. The fraction of sp³-hybridized carbons (Fsp3) is 0.375. The Kier molecular flexibility index (Phi) is 10.5. The van der Waals surface area contributed by atoms with Crippen LogP contribution >= 0.6 is 22.9 Å². The van der Waals surface area contributed by atoms with Crippen LogP contribution in [0.2, 0.25) is 5.02 Å². The molecule has 1 aromatic heterocycles. The van der Waals surface area contributed by atoms with E-state index in [2.05, 4.69) is 5.32 Å². The highest BCUT2D eigenvalue weighted by atomic mass is 35.5. The number of fused-ring (bicyclic) bond motifs is 1. The number of hydrogen-bond acceptors (Lipinski definition) is 7. The molecule has 3 aromatic rings. The van der Waals surface area contributed by atoms with E-state index < -0.39 is 35.1 Å². The van der Waals surface area contributed by atoms with Crippen LogP contribution in [0.1, 0.15) is 48.0 Å². The van der Waals surface area contributed by atoms with Gasteiger partial charge in [0, 0.05) is 20.0 Å². The molecule has 12 heteroatoms. The van der Waals surface area contributed by atoms with E-state index in [1.165, 1.54) is 35.4 Å². The molecule has 1 aliphatic rings. The van der Waals surface area contributed by atoms with Gasteiger partial charge < -0.3 is 15.0 Å². The van der Waals surface area contributed by atoms with E-state index in [9.17, 15) is 19.6 Å². The van der Waals surface area contributed by atoms with E-state index in [0.29, 0.717) is 11.3 Å². The molecule has 0 saturated heterocycles. The first-order chi connectivity index (χ1) is 20.9. The molecule has 0 spiro atoms. The predicted molar refractivity (Wildman–Crippen MR) is 166 cm³/mol. The van der Waals surface area contributed by atoms with Crippen molar-refractivity contribution < 1.29 is 23.5 Å². The average molecular weight is 640 g/mol. The van der Waals surface area contributed by atoms with Gasteiger partial charge in [-0.2, -0.15) is 5.26 Å². The minimum atomic E-state index is -1.06. The molecule has 0 fully saturated rings. The molecule has 0 radical (unpaired) electrons. The van der Waals surface area contributed by atoms with Gasteiger partial charge >= 0.3 is 0 Å². The Labute approximate surface area is 265 Å². The first kappa shape index (κ1) is 32.8. The third-order valence-electron chi connectivity index (χ3n) is 7.41. The molecule has 1 aliphatic heterocycles. The largest absolute Gasteiger partial charge is 0.493 e. The third-order valence-corrected chi connectivity index (χ3v) is 8.57. The lowest BCUT2D eigenvalue weighted by atomic mass is 9.85. The van der Waals surface area contributed by atoms with Crippen molar-refractivity contribution in [2.24, 2.45) is 5.41 Å². The average Bonchev–Trinajstić information content (AvgIpc) is 3.54. The summed E-state index contributed by atoms with van der Waals surface area (Å²) >= 11 is 7.31. The number of rotatable bonds is 5. The molecule has 232 valence electrons. The summed E-state index contributed by atoms with van der Waals surface area (Å²) in [5, 5.41) is 16.7. The number of benzene rings is 2. The number of nitrogens with zero attached hydrogens (tertiary/aromatic N) is 4. The number of thiophene rings is 1. The Morgan fingerprint density at radius 1 is 1.18 bits per heavy atom. The summed E-state index contributed by atoms with van der Waals surface area (Å²) in [5.74, 6) is -1.94. The van der Waals surface area contributed by atoms with Gasteiger partial charge in [0.1, 0.15) is 17.8 Å². The number of nitrogens with one attached hydrogen (secondary N) is 1. The summed E-state index contributed by atoms with van der Waals surface area (Å²) in [6.07, 6.45) is 2.40. The van der Waals surface area contributed by atoms with Crippen LogP contribution in [-0.4, -0.2) is 64.9 Å². The number of carbonyl (C=O) groups excluding carboxylic acids is 3. The van der Waals surface area contributed by atoms with Crippen LogP contribution in [0.4, 0.5) is 4.39 Å². The molecule has 2 aromatic carbocycles. The second-order valence-electron chi connectivity index (χ2n) is 11.5. The van der Waals surface area contributed by atoms with Gasteiger partial charge in [-0.05, 0) is 41.0 Å². The summed E-state index contributed by atoms with van der Waals surface area (Å²) < 4.78 is 21.1. The molecule has 3 amide bonds. The van der Waals surface area contributed by atoms with Crippen LogP contribution < -0.4 is 10.1 Å². The van der Waals surface area contributed by atoms with E-state index in [-0.39, 0.29) is 48.4 Å². The molecule has 0 unspecified atom stereocenters. The summed E-state index contributed by atoms with van der Waals surface area (Å²) in [5.41, 5.74) is 0.114. The summed E-state index contributed by atoms with van der Waals surface area (Å²) in [6.45, 7) is 5.39. The van der Waals surface area contributed by atoms with Crippen LogP contribution in [0.5, 0.6) is 5.75 Å². The van der Waals surface area contributed by atoms with Crippen molar-refractivity contribution in [1.29, 1.82) is 5.26 Å². The molecular formula is C32H35ClFN5O4S. The minimum Gasteiger partial charge on any atom is -0.493 e. The zero-order chi connectivity index (χ0) is 32.0. The highest BCUT2D eigenvalue weighted by Crippen LogP contribution is 2.30. The molecule has 9 nitrogen and oxygen atoms in total. The molecule has 0 bridgehead atoms. The van der Waals surface area contributed by atoms with Crippen LogP contribution in [0.25, 0.3) is 0 Å². The molecule has 2 heterocycles. The molecule has 1 N–H and O–H groups in total. The lowest BCUT2D eigenvalue weighted by Gasteiger charge is -2.40. The number of ether oxygens (including phenoxy) is 1. The van der Waals surface area contributed by atoms with E-state index in [1.54, 1.807) is 17.5 Å². The Morgan fingerprint density at radius 3 is 2.55 bits per heavy atom. The maximum atomic E-state index is 15.1. The van der Waals surface area contributed by atoms with Gasteiger partial charge in [-0.15, -0.1) is 11.3 Å². The van der Waals surface area contributed by atoms with Crippen LogP contribution in [0.3, 0.4) is 0 Å². The van der Waals surface area contributed by atoms with Gasteiger partial charge in [0.25, 0.3) is 11.8 Å². The van der Waals surface area contributed by atoms with Gasteiger partial charge in [0.05, 0.1) is 28.6 Å². The number of amides is 3. The monoisotopic (exact) mass is 639 g/mol. The first-order valence-electron chi connectivity index (χ1n) is 14.2. The Balaban J connectivity index is 1.78. The lowest BCUT2D eigenvalue weighted by Crippen LogP contribution is -2.61. The van der Waals surface area contributed by atoms with Crippen LogP contribution in [-0.2, 0) is 22.6 Å². The van der Waals surface area contributed by atoms with Crippen molar-refractivity contribution in [3.63, 3.8) is 0 Å². The fourth-order valence-corrected chi connectivity index (χ4v) is 5.78. The van der Waals surface area contributed by atoms with Gasteiger partial charge in [-0.1, -0.05) is 68.8 Å². The number of hydrazine groups is 1. The minimum absolute atomic E-state index is 0.0379. The lowest BCUT2D eigenvalue weighted by molar-refractivity contribution is -0.155. The maximum Gasteiger partial charge on any atom is 0.264 e. The Bertz CT molecular complexity index is 1520. The number of nitriles is 1. The van der Waals surface area contributed by atoms with Crippen molar-refractivity contribution in [3.05, 3.63) is 86.8 Å². The normalized spacial score (nSPS) is 17.0. The predicted octanol–water partition coefficient (Wildman–Crippen LogP) is 5.26. The van der Waals surface area contributed by atoms with Gasteiger partial charge in [-0.25, -0.2) is 14.4 Å². The van der Waals surface area contributed by atoms with Crippen LogP contribution in [0.15, 0.2) is 60.0 Å². The molecular weight excluding hydrogens is 605 g/mol. The standard InChI is InChI=1S/C32H35ClFN5O4S/c1-32(2,3)28(36-29(40)26-12-8-17-44-26)31(42)39-15-9-16-43-25-14-13-23(33)27(34)22(25)19-38(20-35)37(4)30(41)24(39)18-21-10-6-5-7-11-21/h5-8,10-14,17,24,28H,9,15-16,18-19H2,1-4H3,(H,36,40)/t24-,28+/m0/s1. The van der Waals surface area contributed by atoms with Gasteiger partial charge in [-0.3, -0.25) is 14.4 Å². The third kappa shape index (κ3) is 7.49. The van der Waals surface area contributed by atoms with Crippen molar-refractivity contribution in [1.82, 2.24) is 20.2 Å². The SMILES string of the molecule is CN1C(=O)[C@H](Cc2ccccc2)N(C(=O)[C@@H](NC(=O)c2cccs2)C(C)(C)C)CCCOc2ccc(Cl)c(F)c2CN1C#N.